The highest BCUT2D eigenvalue weighted by Gasteiger charge is 2.21. The standard InChI is InChI=1S/C15H30N2/c1-13-4-6-15(7-5-13)12-17-9-3-8-16-10-14(2)11-17/h13-16H,3-12H2,1-2H3. The highest BCUT2D eigenvalue weighted by Crippen LogP contribution is 2.29. The van der Waals surface area contributed by atoms with Crippen molar-refractivity contribution in [2.45, 2.75) is 46.0 Å². The Morgan fingerprint density at radius 3 is 2.59 bits per heavy atom. The summed E-state index contributed by atoms with van der Waals surface area (Å²) in [4.78, 5) is 2.74. The first-order chi connectivity index (χ1) is 8.24. The Morgan fingerprint density at radius 2 is 1.82 bits per heavy atom. The predicted molar refractivity (Wildman–Crippen MR) is 74.2 cm³/mol. The Morgan fingerprint density at radius 1 is 1.06 bits per heavy atom. The van der Waals surface area contributed by atoms with Crippen molar-refractivity contribution < 1.29 is 0 Å². The number of hydrogen-bond donors (Lipinski definition) is 1. The molecule has 2 aliphatic rings. The topological polar surface area (TPSA) is 15.3 Å². The van der Waals surface area contributed by atoms with E-state index in [1.807, 2.05) is 0 Å². The van der Waals surface area contributed by atoms with Crippen molar-refractivity contribution in [1.82, 2.24) is 10.2 Å². The van der Waals surface area contributed by atoms with E-state index in [1.54, 1.807) is 0 Å². The summed E-state index contributed by atoms with van der Waals surface area (Å²) in [6.07, 6.45) is 7.22. The van der Waals surface area contributed by atoms with E-state index in [4.69, 9.17) is 0 Å². The molecule has 2 heteroatoms. The lowest BCUT2D eigenvalue weighted by molar-refractivity contribution is 0.157. The summed E-state index contributed by atoms with van der Waals surface area (Å²) >= 11 is 0. The van der Waals surface area contributed by atoms with Gasteiger partial charge in [-0.25, -0.2) is 0 Å². The number of hydrogen-bond acceptors (Lipinski definition) is 2. The summed E-state index contributed by atoms with van der Waals surface area (Å²) in [7, 11) is 0. The molecule has 1 saturated carbocycles. The van der Waals surface area contributed by atoms with E-state index in [0.717, 1.165) is 17.8 Å². The van der Waals surface area contributed by atoms with Gasteiger partial charge >= 0.3 is 0 Å². The van der Waals surface area contributed by atoms with Crippen molar-refractivity contribution in [3.8, 4) is 0 Å². The van der Waals surface area contributed by atoms with E-state index in [0.29, 0.717) is 0 Å². The van der Waals surface area contributed by atoms with E-state index in [1.165, 1.54) is 64.8 Å². The second-order valence-electron chi connectivity index (χ2n) is 6.55. The van der Waals surface area contributed by atoms with Crippen LogP contribution in [0.15, 0.2) is 0 Å². The summed E-state index contributed by atoms with van der Waals surface area (Å²) in [6.45, 7) is 11.2. The van der Waals surface area contributed by atoms with Gasteiger partial charge in [0, 0.05) is 13.1 Å². The van der Waals surface area contributed by atoms with Crippen molar-refractivity contribution in [3.05, 3.63) is 0 Å². The second kappa shape index (κ2) is 6.75. The van der Waals surface area contributed by atoms with Crippen LogP contribution in [0.3, 0.4) is 0 Å². The first kappa shape index (κ1) is 13.4. The van der Waals surface area contributed by atoms with Gasteiger partial charge in [0.1, 0.15) is 0 Å². The van der Waals surface area contributed by atoms with Gasteiger partial charge in [-0.2, -0.15) is 0 Å². The van der Waals surface area contributed by atoms with Crippen LogP contribution in [0.5, 0.6) is 0 Å². The van der Waals surface area contributed by atoms with Gasteiger partial charge in [-0.1, -0.05) is 26.7 Å². The molecule has 1 aliphatic carbocycles. The molecule has 0 radical (unpaired) electrons. The van der Waals surface area contributed by atoms with Gasteiger partial charge < -0.3 is 10.2 Å². The van der Waals surface area contributed by atoms with Crippen LogP contribution < -0.4 is 5.32 Å². The molecular weight excluding hydrogens is 208 g/mol. The first-order valence-electron chi connectivity index (χ1n) is 7.67. The molecule has 2 fully saturated rings. The van der Waals surface area contributed by atoms with Gasteiger partial charge in [0.15, 0.2) is 0 Å². The normalized spacial score (nSPS) is 37.4. The molecule has 0 bridgehead atoms. The number of rotatable bonds is 2. The summed E-state index contributed by atoms with van der Waals surface area (Å²) in [5.41, 5.74) is 0. The molecule has 2 nitrogen and oxygen atoms in total. The molecular formula is C15H30N2. The Bertz CT molecular complexity index is 209. The van der Waals surface area contributed by atoms with Crippen molar-refractivity contribution in [2.24, 2.45) is 17.8 Å². The fraction of sp³-hybridized carbons (Fsp3) is 1.00. The third kappa shape index (κ3) is 4.59. The fourth-order valence-electron chi connectivity index (χ4n) is 3.42. The van der Waals surface area contributed by atoms with Gasteiger partial charge in [0.05, 0.1) is 0 Å². The van der Waals surface area contributed by atoms with Crippen LogP contribution in [-0.2, 0) is 0 Å². The van der Waals surface area contributed by atoms with Crippen LogP contribution in [0.4, 0.5) is 0 Å². The molecule has 0 amide bonds. The summed E-state index contributed by atoms with van der Waals surface area (Å²) in [5.74, 6) is 2.80. The summed E-state index contributed by atoms with van der Waals surface area (Å²) < 4.78 is 0. The average Bonchev–Trinajstić information content (AvgIpc) is 2.28. The molecule has 2 rings (SSSR count). The fourth-order valence-corrected chi connectivity index (χ4v) is 3.42. The maximum absolute atomic E-state index is 3.54. The maximum Gasteiger partial charge on any atom is 0.00193 e. The molecule has 17 heavy (non-hydrogen) atoms. The predicted octanol–water partition coefficient (Wildman–Crippen LogP) is 2.74. The molecule has 1 aliphatic heterocycles. The largest absolute Gasteiger partial charge is 0.316 e. The molecule has 1 heterocycles. The van der Waals surface area contributed by atoms with Gasteiger partial charge in [0.2, 0.25) is 0 Å². The van der Waals surface area contributed by atoms with Gasteiger partial charge in [-0.15, -0.1) is 0 Å². The zero-order valence-corrected chi connectivity index (χ0v) is 11.8. The lowest BCUT2D eigenvalue weighted by Crippen LogP contribution is -2.41. The summed E-state index contributed by atoms with van der Waals surface area (Å²) in [5, 5.41) is 3.54. The monoisotopic (exact) mass is 238 g/mol. The van der Waals surface area contributed by atoms with E-state index in [9.17, 15) is 0 Å². The van der Waals surface area contributed by atoms with Crippen molar-refractivity contribution in [3.63, 3.8) is 0 Å². The van der Waals surface area contributed by atoms with Gasteiger partial charge in [-0.05, 0) is 56.7 Å². The molecule has 1 atom stereocenters. The zero-order valence-electron chi connectivity index (χ0n) is 11.8. The van der Waals surface area contributed by atoms with Crippen LogP contribution in [0.2, 0.25) is 0 Å². The minimum atomic E-state index is 0.817. The van der Waals surface area contributed by atoms with Crippen molar-refractivity contribution in [2.75, 3.05) is 32.7 Å². The Balaban J connectivity index is 1.75. The molecule has 0 aromatic heterocycles. The molecule has 0 aromatic carbocycles. The van der Waals surface area contributed by atoms with E-state index in [2.05, 4.69) is 24.1 Å². The van der Waals surface area contributed by atoms with E-state index < -0.39 is 0 Å². The highest BCUT2D eigenvalue weighted by atomic mass is 15.1. The second-order valence-corrected chi connectivity index (χ2v) is 6.55. The average molecular weight is 238 g/mol. The lowest BCUT2D eigenvalue weighted by atomic mass is 9.82. The third-order valence-electron chi connectivity index (χ3n) is 4.54. The van der Waals surface area contributed by atoms with Crippen molar-refractivity contribution >= 4 is 0 Å². The summed E-state index contributed by atoms with van der Waals surface area (Å²) in [6, 6.07) is 0. The molecule has 1 unspecified atom stereocenters. The first-order valence-corrected chi connectivity index (χ1v) is 7.67. The minimum Gasteiger partial charge on any atom is -0.316 e. The van der Waals surface area contributed by atoms with Crippen molar-refractivity contribution in [1.29, 1.82) is 0 Å². The van der Waals surface area contributed by atoms with E-state index >= 15 is 0 Å². The number of nitrogens with one attached hydrogen (secondary N) is 1. The van der Waals surface area contributed by atoms with E-state index in [-0.39, 0.29) is 0 Å². The molecule has 1 saturated heterocycles. The van der Waals surface area contributed by atoms with Crippen LogP contribution in [0, 0.1) is 17.8 Å². The van der Waals surface area contributed by atoms with Gasteiger partial charge in [0.25, 0.3) is 0 Å². The smallest absolute Gasteiger partial charge is 0.00193 e. The maximum atomic E-state index is 3.54. The van der Waals surface area contributed by atoms with Gasteiger partial charge in [-0.3, -0.25) is 0 Å². The van der Waals surface area contributed by atoms with Crippen LogP contribution in [-0.4, -0.2) is 37.6 Å². The Kier molecular flexibility index (Phi) is 5.30. The number of nitrogens with zero attached hydrogens (tertiary/aromatic N) is 1. The third-order valence-corrected chi connectivity index (χ3v) is 4.54. The molecule has 1 N–H and O–H groups in total. The molecule has 100 valence electrons. The Hall–Kier alpha value is -0.0800. The SMILES string of the molecule is CC1CCC(CN2CCCNCC(C)C2)CC1. The minimum absolute atomic E-state index is 0.817. The highest BCUT2D eigenvalue weighted by molar-refractivity contribution is 4.76. The van der Waals surface area contributed by atoms with Crippen LogP contribution in [0.1, 0.15) is 46.0 Å². The Labute approximate surface area is 107 Å². The lowest BCUT2D eigenvalue weighted by Gasteiger charge is -2.34. The van der Waals surface area contributed by atoms with Crippen LogP contribution in [0.25, 0.3) is 0 Å². The molecule has 0 aromatic rings. The zero-order chi connectivity index (χ0) is 12.1. The molecule has 0 spiro atoms. The van der Waals surface area contributed by atoms with Crippen LogP contribution >= 0.6 is 0 Å². The quantitative estimate of drug-likeness (QED) is 0.796.